The van der Waals surface area contributed by atoms with Crippen molar-refractivity contribution in [2.24, 2.45) is 5.73 Å². The molecule has 0 radical (unpaired) electrons. The number of piperazine rings is 1. The summed E-state index contributed by atoms with van der Waals surface area (Å²) in [4.78, 5) is 15.3. The fraction of sp³-hybridized carbons (Fsp3) is 0.562. The highest BCUT2D eigenvalue weighted by Crippen LogP contribution is 2.25. The molecule has 1 aromatic rings. The fourth-order valence-corrected chi connectivity index (χ4v) is 2.73. The van der Waals surface area contributed by atoms with E-state index in [0.29, 0.717) is 6.42 Å². The Bertz CT molecular complexity index is 523. The molecule has 2 atom stereocenters. The van der Waals surface area contributed by atoms with Crippen LogP contribution in [-0.4, -0.2) is 60.1 Å². The molecule has 1 saturated heterocycles. The van der Waals surface area contributed by atoms with Gasteiger partial charge in [-0.2, -0.15) is 13.2 Å². The van der Waals surface area contributed by atoms with E-state index in [4.69, 9.17) is 5.73 Å². The molecule has 0 bridgehead atoms. The minimum absolute atomic E-state index is 0. The van der Waals surface area contributed by atoms with Gasteiger partial charge >= 0.3 is 6.18 Å². The van der Waals surface area contributed by atoms with Crippen LogP contribution >= 0.6 is 24.8 Å². The highest BCUT2D eigenvalue weighted by Gasteiger charge is 2.41. The Balaban J connectivity index is 0.00000288. The number of nitrogens with zero attached hydrogens (tertiary/aromatic N) is 2. The van der Waals surface area contributed by atoms with E-state index in [9.17, 15) is 18.0 Å². The molecule has 2 rings (SSSR count). The average molecular weight is 402 g/mol. The number of benzene rings is 1. The van der Waals surface area contributed by atoms with Crippen molar-refractivity contribution in [2.75, 3.05) is 26.2 Å². The van der Waals surface area contributed by atoms with Crippen LogP contribution in [0, 0.1) is 0 Å². The zero-order chi connectivity index (χ0) is 17.0. The van der Waals surface area contributed by atoms with Crippen molar-refractivity contribution >= 4 is 30.7 Å². The average Bonchev–Trinajstić information content (AvgIpc) is 2.53. The Hall–Kier alpha value is -1.02. The Kier molecular flexibility index (Phi) is 9.79. The van der Waals surface area contributed by atoms with Gasteiger partial charge in [0.2, 0.25) is 5.91 Å². The molecule has 0 saturated carbocycles. The van der Waals surface area contributed by atoms with Crippen molar-refractivity contribution in [1.82, 2.24) is 9.80 Å². The lowest BCUT2D eigenvalue weighted by atomic mass is 10.1. The van der Waals surface area contributed by atoms with Crippen LogP contribution in [0.5, 0.6) is 0 Å². The molecule has 1 heterocycles. The number of rotatable bonds is 4. The third kappa shape index (κ3) is 6.66. The van der Waals surface area contributed by atoms with Crippen molar-refractivity contribution in [1.29, 1.82) is 0 Å². The molecule has 0 aliphatic carbocycles. The standard InChI is InChI=1S/C16H22F3N3O.2ClH/c1-12(16(17,18)19)21-7-9-22(10-8-21)15(23)14(20)11-13-5-3-2-4-6-13;;/h2-6,12,14H,7-11,20H2,1H3;2*1H. The lowest BCUT2D eigenvalue weighted by Gasteiger charge is -2.39. The van der Waals surface area contributed by atoms with Crippen LogP contribution in [-0.2, 0) is 11.2 Å². The van der Waals surface area contributed by atoms with E-state index in [1.807, 2.05) is 30.3 Å². The number of nitrogens with two attached hydrogens (primary N) is 1. The molecule has 0 aromatic heterocycles. The summed E-state index contributed by atoms with van der Waals surface area (Å²) in [5.41, 5.74) is 6.93. The molecule has 2 N–H and O–H groups in total. The zero-order valence-electron chi connectivity index (χ0n) is 13.9. The Morgan fingerprint density at radius 2 is 1.64 bits per heavy atom. The maximum absolute atomic E-state index is 12.7. The van der Waals surface area contributed by atoms with Gasteiger partial charge in [-0.3, -0.25) is 9.69 Å². The predicted octanol–water partition coefficient (Wildman–Crippen LogP) is 2.50. The molecule has 1 aromatic carbocycles. The van der Waals surface area contributed by atoms with Crippen LogP contribution in [0.15, 0.2) is 30.3 Å². The van der Waals surface area contributed by atoms with E-state index in [2.05, 4.69) is 0 Å². The van der Waals surface area contributed by atoms with E-state index in [-0.39, 0.29) is 56.9 Å². The quantitative estimate of drug-likeness (QED) is 0.842. The molecule has 1 aliphatic heterocycles. The van der Waals surface area contributed by atoms with Gasteiger partial charge < -0.3 is 10.6 Å². The van der Waals surface area contributed by atoms with Crippen molar-refractivity contribution in [2.45, 2.75) is 31.6 Å². The lowest BCUT2D eigenvalue weighted by molar-refractivity contribution is -0.183. The van der Waals surface area contributed by atoms with Crippen LogP contribution in [0.2, 0.25) is 0 Å². The molecule has 9 heteroatoms. The Morgan fingerprint density at radius 3 is 2.12 bits per heavy atom. The SMILES string of the molecule is CC(N1CCN(C(=O)C(N)Cc2ccccc2)CC1)C(F)(F)F.Cl.Cl. The van der Waals surface area contributed by atoms with Crippen LogP contribution in [0.3, 0.4) is 0 Å². The first-order valence-electron chi connectivity index (χ1n) is 7.68. The third-order valence-electron chi connectivity index (χ3n) is 4.26. The van der Waals surface area contributed by atoms with Gasteiger partial charge in [-0.05, 0) is 18.9 Å². The van der Waals surface area contributed by atoms with Gasteiger partial charge in [0.1, 0.15) is 6.04 Å². The topological polar surface area (TPSA) is 49.6 Å². The van der Waals surface area contributed by atoms with Gasteiger partial charge in [-0.15, -0.1) is 24.8 Å². The van der Waals surface area contributed by atoms with Crippen molar-refractivity contribution in [3.05, 3.63) is 35.9 Å². The maximum atomic E-state index is 12.7. The number of hydrogen-bond donors (Lipinski definition) is 1. The minimum atomic E-state index is -4.24. The normalized spacial score (nSPS) is 17.9. The van der Waals surface area contributed by atoms with E-state index in [1.165, 1.54) is 4.90 Å². The first-order valence-corrected chi connectivity index (χ1v) is 7.68. The lowest BCUT2D eigenvalue weighted by Crippen LogP contribution is -2.57. The molecule has 1 amide bonds. The van der Waals surface area contributed by atoms with E-state index in [1.54, 1.807) is 4.90 Å². The highest BCUT2D eigenvalue weighted by atomic mass is 35.5. The summed E-state index contributed by atoms with van der Waals surface area (Å²) in [7, 11) is 0. The number of amides is 1. The summed E-state index contributed by atoms with van der Waals surface area (Å²) in [6.07, 6.45) is -3.81. The number of alkyl halides is 3. The second kappa shape index (κ2) is 10.2. The molecule has 2 unspecified atom stereocenters. The number of carbonyl (C=O) groups is 1. The fourth-order valence-electron chi connectivity index (χ4n) is 2.73. The molecule has 1 fully saturated rings. The molecule has 4 nitrogen and oxygen atoms in total. The van der Waals surface area contributed by atoms with Crippen molar-refractivity contribution < 1.29 is 18.0 Å². The first-order chi connectivity index (χ1) is 10.8. The molecular weight excluding hydrogens is 378 g/mol. The number of halogens is 5. The summed E-state index contributed by atoms with van der Waals surface area (Å²) < 4.78 is 38.2. The van der Waals surface area contributed by atoms with Gasteiger partial charge in [0.25, 0.3) is 0 Å². The van der Waals surface area contributed by atoms with Crippen LogP contribution in [0.1, 0.15) is 12.5 Å². The molecule has 1 aliphatic rings. The van der Waals surface area contributed by atoms with Crippen LogP contribution in [0.4, 0.5) is 13.2 Å². The van der Waals surface area contributed by atoms with E-state index < -0.39 is 18.3 Å². The first kappa shape index (κ1) is 24.0. The second-order valence-corrected chi connectivity index (χ2v) is 5.88. The molecular formula is C16H24Cl2F3N3O. The van der Waals surface area contributed by atoms with E-state index in [0.717, 1.165) is 12.5 Å². The van der Waals surface area contributed by atoms with Gasteiger partial charge in [0, 0.05) is 26.2 Å². The van der Waals surface area contributed by atoms with Crippen LogP contribution < -0.4 is 5.73 Å². The smallest absolute Gasteiger partial charge is 0.339 e. The third-order valence-corrected chi connectivity index (χ3v) is 4.26. The van der Waals surface area contributed by atoms with Gasteiger partial charge in [-0.25, -0.2) is 0 Å². The summed E-state index contributed by atoms with van der Waals surface area (Å²) in [6, 6.07) is 7.29. The summed E-state index contributed by atoms with van der Waals surface area (Å²) in [6.45, 7) is 2.14. The summed E-state index contributed by atoms with van der Waals surface area (Å²) >= 11 is 0. The second-order valence-electron chi connectivity index (χ2n) is 5.88. The van der Waals surface area contributed by atoms with Gasteiger partial charge in [-0.1, -0.05) is 30.3 Å². The number of hydrogen-bond acceptors (Lipinski definition) is 3. The summed E-state index contributed by atoms with van der Waals surface area (Å²) in [5, 5.41) is 0. The zero-order valence-corrected chi connectivity index (χ0v) is 15.5. The minimum Gasteiger partial charge on any atom is -0.339 e. The Labute approximate surface area is 158 Å². The van der Waals surface area contributed by atoms with Gasteiger partial charge in [0.15, 0.2) is 0 Å². The monoisotopic (exact) mass is 401 g/mol. The Morgan fingerprint density at radius 1 is 1.12 bits per heavy atom. The van der Waals surface area contributed by atoms with Crippen molar-refractivity contribution in [3.63, 3.8) is 0 Å². The molecule has 25 heavy (non-hydrogen) atoms. The molecule has 144 valence electrons. The predicted molar refractivity (Wildman–Crippen MR) is 96.3 cm³/mol. The van der Waals surface area contributed by atoms with Gasteiger partial charge in [0.05, 0.1) is 6.04 Å². The summed E-state index contributed by atoms with van der Waals surface area (Å²) in [5.74, 6) is -0.201. The van der Waals surface area contributed by atoms with Crippen LogP contribution in [0.25, 0.3) is 0 Å². The van der Waals surface area contributed by atoms with Crippen molar-refractivity contribution in [3.8, 4) is 0 Å². The number of carbonyl (C=O) groups excluding carboxylic acids is 1. The molecule has 0 spiro atoms. The highest BCUT2D eigenvalue weighted by molar-refractivity contribution is 5.85. The largest absolute Gasteiger partial charge is 0.403 e. The maximum Gasteiger partial charge on any atom is 0.403 e. The van der Waals surface area contributed by atoms with E-state index >= 15 is 0 Å².